The molecule has 2 aliphatic rings. The summed E-state index contributed by atoms with van der Waals surface area (Å²) in [6.45, 7) is 4.63. The van der Waals surface area contributed by atoms with Gasteiger partial charge in [-0.3, -0.25) is 0 Å². The Labute approximate surface area is 135 Å². The maximum atomic E-state index is 13.5. The Kier molecular flexibility index (Phi) is 3.04. The van der Waals surface area contributed by atoms with E-state index in [1.165, 1.54) is 23.3 Å². The number of halogens is 1. The van der Waals surface area contributed by atoms with Crippen LogP contribution in [-0.4, -0.2) is 21.5 Å². The zero-order valence-corrected chi connectivity index (χ0v) is 13.5. The van der Waals surface area contributed by atoms with Crippen molar-refractivity contribution in [3.8, 4) is 5.69 Å². The fourth-order valence-corrected chi connectivity index (χ4v) is 4.20. The number of hydrogen-bond donors (Lipinski definition) is 1. The Bertz CT molecular complexity index is 809. The van der Waals surface area contributed by atoms with Crippen LogP contribution in [0.5, 0.6) is 0 Å². The number of hydrogen-bond acceptors (Lipinski definition) is 2. The van der Waals surface area contributed by atoms with E-state index in [0.717, 1.165) is 30.6 Å². The zero-order valence-electron chi connectivity index (χ0n) is 13.5. The van der Waals surface area contributed by atoms with Gasteiger partial charge in [0, 0.05) is 17.4 Å². The molecule has 1 fully saturated rings. The highest BCUT2D eigenvalue weighted by molar-refractivity contribution is 5.62. The normalized spacial score (nSPS) is 29.1. The largest absolute Gasteiger partial charge is 0.396 e. The van der Waals surface area contributed by atoms with Gasteiger partial charge in [-0.25, -0.2) is 9.07 Å². The molecular formula is C19H21FN2O. The van der Waals surface area contributed by atoms with E-state index in [-0.39, 0.29) is 23.3 Å². The first-order valence-corrected chi connectivity index (χ1v) is 8.12. The second kappa shape index (κ2) is 4.78. The number of benzene rings is 1. The number of allylic oxidation sites excluding steroid dienone is 1. The molecule has 0 bridgehead atoms. The number of fused-ring (bicyclic) bond motifs is 2. The van der Waals surface area contributed by atoms with Crippen LogP contribution in [-0.2, 0) is 6.42 Å². The van der Waals surface area contributed by atoms with E-state index in [0.29, 0.717) is 0 Å². The molecule has 1 N–H and O–H groups in total. The van der Waals surface area contributed by atoms with Crippen molar-refractivity contribution < 1.29 is 9.50 Å². The standard InChI is InChI=1S/C19H21FN2O/c1-18(12-23)7-6-14-8-17-13(10-19(14,18)2)11-21-22(17)16-5-3-4-15(20)9-16/h3-5,8-9,11,23H,6-7,10,12H2,1-2H3/t18-,19?/m1/s1. The SMILES string of the molecule is CC12Cc3cnn(-c4cccc(F)c4)c3C=C1CC[C@]2(C)CO. The minimum atomic E-state index is -0.256. The molecule has 4 heteroatoms. The van der Waals surface area contributed by atoms with Crippen LogP contribution in [0.25, 0.3) is 11.8 Å². The summed E-state index contributed by atoms with van der Waals surface area (Å²) in [6.07, 6.45) is 6.97. The van der Waals surface area contributed by atoms with Crippen LogP contribution >= 0.6 is 0 Å². The van der Waals surface area contributed by atoms with Crippen molar-refractivity contribution in [2.24, 2.45) is 10.8 Å². The summed E-state index contributed by atoms with van der Waals surface area (Å²) in [4.78, 5) is 0. The first kappa shape index (κ1) is 14.6. The molecule has 0 amide bonds. The third kappa shape index (κ3) is 1.94. The van der Waals surface area contributed by atoms with Crippen molar-refractivity contribution in [3.05, 3.63) is 53.1 Å². The average Bonchev–Trinajstić information content (AvgIpc) is 3.04. The third-order valence-corrected chi connectivity index (χ3v) is 6.13. The minimum absolute atomic E-state index is 0.0233. The molecule has 1 aromatic heterocycles. The highest BCUT2D eigenvalue weighted by Crippen LogP contribution is 2.59. The van der Waals surface area contributed by atoms with Gasteiger partial charge in [-0.1, -0.05) is 25.5 Å². The summed E-state index contributed by atoms with van der Waals surface area (Å²) in [7, 11) is 0. The monoisotopic (exact) mass is 312 g/mol. The van der Waals surface area contributed by atoms with Crippen molar-refractivity contribution in [3.63, 3.8) is 0 Å². The molecule has 1 heterocycles. The highest BCUT2D eigenvalue weighted by Gasteiger charge is 2.52. The summed E-state index contributed by atoms with van der Waals surface area (Å²) >= 11 is 0. The quantitative estimate of drug-likeness (QED) is 0.917. The molecule has 1 unspecified atom stereocenters. The molecule has 4 rings (SSSR count). The molecule has 0 saturated heterocycles. The summed E-state index contributed by atoms with van der Waals surface area (Å²) < 4.78 is 15.3. The summed E-state index contributed by atoms with van der Waals surface area (Å²) in [5.41, 5.74) is 4.23. The molecule has 2 aliphatic carbocycles. The summed E-state index contributed by atoms with van der Waals surface area (Å²) in [5, 5.41) is 14.4. The van der Waals surface area contributed by atoms with Gasteiger partial charge in [0.25, 0.3) is 0 Å². The van der Waals surface area contributed by atoms with Gasteiger partial charge in [0.1, 0.15) is 5.82 Å². The first-order chi connectivity index (χ1) is 11.0. The van der Waals surface area contributed by atoms with E-state index in [1.807, 2.05) is 16.9 Å². The van der Waals surface area contributed by atoms with Gasteiger partial charge in [0.15, 0.2) is 0 Å². The van der Waals surface area contributed by atoms with E-state index in [4.69, 9.17) is 0 Å². The molecule has 2 atom stereocenters. The van der Waals surface area contributed by atoms with E-state index in [2.05, 4.69) is 25.0 Å². The summed E-state index contributed by atoms with van der Waals surface area (Å²) in [6, 6.07) is 6.52. The lowest BCUT2D eigenvalue weighted by atomic mass is 9.62. The molecule has 2 aromatic rings. The molecular weight excluding hydrogens is 291 g/mol. The fourth-order valence-electron chi connectivity index (χ4n) is 4.20. The smallest absolute Gasteiger partial charge is 0.125 e. The fraction of sp³-hybridized carbons (Fsp3) is 0.421. The number of aliphatic hydroxyl groups is 1. The van der Waals surface area contributed by atoms with Crippen molar-refractivity contribution >= 4 is 6.08 Å². The highest BCUT2D eigenvalue weighted by atomic mass is 19.1. The number of aliphatic hydroxyl groups excluding tert-OH is 1. The van der Waals surface area contributed by atoms with Gasteiger partial charge in [-0.05, 0) is 49.1 Å². The molecule has 0 spiro atoms. The molecule has 0 aliphatic heterocycles. The second-order valence-electron chi connectivity index (χ2n) is 7.34. The molecule has 23 heavy (non-hydrogen) atoms. The molecule has 1 saturated carbocycles. The zero-order chi connectivity index (χ0) is 16.2. The molecule has 120 valence electrons. The lowest BCUT2D eigenvalue weighted by Crippen LogP contribution is -2.39. The van der Waals surface area contributed by atoms with Crippen molar-refractivity contribution in [2.45, 2.75) is 33.1 Å². The molecule has 1 aromatic carbocycles. The van der Waals surface area contributed by atoms with Crippen molar-refractivity contribution in [2.75, 3.05) is 6.61 Å². The number of rotatable bonds is 2. The van der Waals surface area contributed by atoms with Crippen LogP contribution in [0.2, 0.25) is 0 Å². The maximum absolute atomic E-state index is 13.5. The minimum Gasteiger partial charge on any atom is -0.396 e. The van der Waals surface area contributed by atoms with Gasteiger partial charge < -0.3 is 5.11 Å². The van der Waals surface area contributed by atoms with Crippen LogP contribution < -0.4 is 0 Å². The van der Waals surface area contributed by atoms with Gasteiger partial charge in [-0.2, -0.15) is 5.10 Å². The Morgan fingerprint density at radius 2 is 2.17 bits per heavy atom. The van der Waals surface area contributed by atoms with E-state index in [9.17, 15) is 9.50 Å². The third-order valence-electron chi connectivity index (χ3n) is 6.13. The van der Waals surface area contributed by atoms with Crippen molar-refractivity contribution in [1.29, 1.82) is 0 Å². The number of aromatic nitrogens is 2. The Balaban J connectivity index is 1.82. The van der Waals surface area contributed by atoms with Crippen molar-refractivity contribution in [1.82, 2.24) is 9.78 Å². The number of nitrogens with zero attached hydrogens (tertiary/aromatic N) is 2. The van der Waals surface area contributed by atoms with Gasteiger partial charge in [-0.15, -0.1) is 0 Å². The first-order valence-electron chi connectivity index (χ1n) is 8.12. The predicted molar refractivity (Wildman–Crippen MR) is 87.7 cm³/mol. The van der Waals surface area contributed by atoms with Gasteiger partial charge >= 0.3 is 0 Å². The maximum Gasteiger partial charge on any atom is 0.125 e. The molecule has 0 radical (unpaired) electrons. The Hall–Kier alpha value is -1.94. The lowest BCUT2D eigenvalue weighted by Gasteiger charge is -2.42. The second-order valence-corrected chi connectivity index (χ2v) is 7.34. The van der Waals surface area contributed by atoms with E-state index >= 15 is 0 Å². The average molecular weight is 312 g/mol. The summed E-state index contributed by atoms with van der Waals surface area (Å²) in [5.74, 6) is -0.256. The molecule has 3 nitrogen and oxygen atoms in total. The van der Waals surface area contributed by atoms with Crippen LogP contribution in [0, 0.1) is 16.6 Å². The van der Waals surface area contributed by atoms with Crippen LogP contribution in [0.15, 0.2) is 36.0 Å². The van der Waals surface area contributed by atoms with E-state index in [1.54, 1.807) is 6.07 Å². The topological polar surface area (TPSA) is 38.0 Å². The Morgan fingerprint density at radius 1 is 1.35 bits per heavy atom. The van der Waals surface area contributed by atoms with Crippen LogP contribution in [0.4, 0.5) is 4.39 Å². The van der Waals surface area contributed by atoms with E-state index < -0.39 is 0 Å². The van der Waals surface area contributed by atoms with Gasteiger partial charge in [0.2, 0.25) is 0 Å². The van der Waals surface area contributed by atoms with Crippen LogP contribution in [0.1, 0.15) is 37.9 Å². The predicted octanol–water partition coefficient (Wildman–Crippen LogP) is 3.75. The Morgan fingerprint density at radius 3 is 2.91 bits per heavy atom. The van der Waals surface area contributed by atoms with Crippen LogP contribution in [0.3, 0.4) is 0 Å². The lowest BCUT2D eigenvalue weighted by molar-refractivity contribution is 0.0534. The van der Waals surface area contributed by atoms with Gasteiger partial charge in [0.05, 0.1) is 17.6 Å².